The van der Waals surface area contributed by atoms with Crippen molar-refractivity contribution >= 4 is 42.1 Å². The lowest BCUT2D eigenvalue weighted by atomic mass is 9.67. The zero-order chi connectivity index (χ0) is 16.6. The Morgan fingerprint density at radius 3 is 2.40 bits per heavy atom. The van der Waals surface area contributed by atoms with Crippen LogP contribution in [0.1, 0.15) is 63.6 Å². The van der Waals surface area contributed by atoms with Crippen molar-refractivity contribution < 1.29 is 4.79 Å². The van der Waals surface area contributed by atoms with Crippen LogP contribution in [0.5, 0.6) is 0 Å². The number of carbonyl (C=O) groups is 1. The topological polar surface area (TPSA) is 68.0 Å². The normalized spacial score (nSPS) is 28.5. The van der Waals surface area contributed by atoms with E-state index in [2.05, 4.69) is 31.1 Å². The van der Waals surface area contributed by atoms with Crippen LogP contribution < -0.4 is 11.1 Å². The Kier molecular flexibility index (Phi) is 8.19. The Bertz CT molecular complexity index is 559. The van der Waals surface area contributed by atoms with Gasteiger partial charge in [0.1, 0.15) is 0 Å². The Hall–Kier alpha value is -0.360. The van der Waals surface area contributed by atoms with Crippen LogP contribution in [0.15, 0.2) is 5.38 Å². The molecule has 0 spiro atoms. The van der Waals surface area contributed by atoms with Gasteiger partial charge >= 0.3 is 0 Å². The summed E-state index contributed by atoms with van der Waals surface area (Å²) in [6.45, 7) is 6.46. The van der Waals surface area contributed by atoms with Crippen molar-refractivity contribution in [1.29, 1.82) is 0 Å². The van der Waals surface area contributed by atoms with Gasteiger partial charge in [0, 0.05) is 22.9 Å². The van der Waals surface area contributed by atoms with E-state index in [0.717, 1.165) is 23.5 Å². The highest BCUT2D eigenvalue weighted by Crippen LogP contribution is 2.39. The second-order valence-electron chi connectivity index (χ2n) is 8.35. The second-order valence-corrected chi connectivity index (χ2v) is 9.20. The standard InChI is InChI=1S/C18H29N3OS.2ClH/c1-18(2,3)17-20-14(10-23-17)9-15(22)21-16-11-5-4-6-12(16)8-13(19)7-11;;/h10-13,16H,4-9,19H2,1-3H3,(H,21,22);2*1H. The molecule has 1 aromatic heterocycles. The van der Waals surface area contributed by atoms with E-state index < -0.39 is 0 Å². The van der Waals surface area contributed by atoms with Gasteiger partial charge in [-0.25, -0.2) is 4.98 Å². The van der Waals surface area contributed by atoms with Gasteiger partial charge in [0.15, 0.2) is 0 Å². The highest BCUT2D eigenvalue weighted by atomic mass is 35.5. The zero-order valence-electron chi connectivity index (χ0n) is 15.3. The third-order valence-corrected chi connectivity index (χ3v) is 6.56. The van der Waals surface area contributed by atoms with Gasteiger partial charge < -0.3 is 11.1 Å². The molecule has 1 heterocycles. The molecule has 144 valence electrons. The van der Waals surface area contributed by atoms with Crippen LogP contribution in [0, 0.1) is 11.8 Å². The molecular weight excluding hydrogens is 377 g/mol. The number of nitrogens with one attached hydrogen (secondary N) is 1. The summed E-state index contributed by atoms with van der Waals surface area (Å²) < 4.78 is 0. The Morgan fingerprint density at radius 1 is 1.28 bits per heavy atom. The summed E-state index contributed by atoms with van der Waals surface area (Å²) in [6, 6.07) is 0.656. The van der Waals surface area contributed by atoms with Gasteiger partial charge in [0.2, 0.25) is 5.91 Å². The number of halogens is 2. The molecule has 2 aliphatic rings. The third kappa shape index (κ3) is 5.56. The molecule has 2 unspecified atom stereocenters. The molecule has 2 fully saturated rings. The summed E-state index contributed by atoms with van der Waals surface area (Å²) in [5.41, 5.74) is 7.11. The summed E-state index contributed by atoms with van der Waals surface area (Å²) in [4.78, 5) is 17.1. The van der Waals surface area contributed by atoms with Crippen LogP contribution in [-0.2, 0) is 16.6 Å². The van der Waals surface area contributed by atoms with Crippen LogP contribution in [0.3, 0.4) is 0 Å². The fourth-order valence-electron chi connectivity index (χ4n) is 4.16. The minimum Gasteiger partial charge on any atom is -0.352 e. The molecule has 2 atom stereocenters. The summed E-state index contributed by atoms with van der Waals surface area (Å²) in [7, 11) is 0. The number of fused-ring (bicyclic) bond motifs is 2. The summed E-state index contributed by atoms with van der Waals surface area (Å²) >= 11 is 1.65. The molecule has 3 N–H and O–H groups in total. The number of hydrogen-bond acceptors (Lipinski definition) is 4. The van der Waals surface area contributed by atoms with Crippen molar-refractivity contribution in [2.24, 2.45) is 17.6 Å². The fraction of sp³-hybridized carbons (Fsp3) is 0.778. The Morgan fingerprint density at radius 2 is 1.88 bits per heavy atom. The second kappa shape index (κ2) is 9.03. The highest BCUT2D eigenvalue weighted by Gasteiger charge is 2.39. The average molecular weight is 408 g/mol. The first kappa shape index (κ1) is 22.7. The van der Waals surface area contributed by atoms with E-state index in [0.29, 0.717) is 30.3 Å². The van der Waals surface area contributed by atoms with Crippen LogP contribution in [-0.4, -0.2) is 23.0 Å². The largest absolute Gasteiger partial charge is 0.352 e. The average Bonchev–Trinajstić information content (AvgIpc) is 2.88. The van der Waals surface area contributed by atoms with Crippen molar-refractivity contribution in [3.63, 3.8) is 0 Å². The zero-order valence-corrected chi connectivity index (χ0v) is 17.7. The first-order valence-electron chi connectivity index (χ1n) is 8.83. The fourth-order valence-corrected chi connectivity index (χ4v) is 5.07. The molecule has 1 aromatic rings. The highest BCUT2D eigenvalue weighted by molar-refractivity contribution is 7.09. The van der Waals surface area contributed by atoms with E-state index >= 15 is 0 Å². The number of nitrogens with two attached hydrogens (primary N) is 1. The summed E-state index contributed by atoms with van der Waals surface area (Å²) in [5.74, 6) is 1.26. The predicted octanol–water partition coefficient (Wildman–Crippen LogP) is 3.85. The minimum absolute atomic E-state index is 0. The summed E-state index contributed by atoms with van der Waals surface area (Å²) in [6.07, 6.45) is 6.22. The van der Waals surface area contributed by atoms with Crippen molar-refractivity contribution in [1.82, 2.24) is 10.3 Å². The predicted molar refractivity (Wildman–Crippen MR) is 109 cm³/mol. The van der Waals surface area contributed by atoms with Gasteiger partial charge in [-0.05, 0) is 37.5 Å². The number of hydrogen-bond donors (Lipinski definition) is 2. The Labute approximate surface area is 167 Å². The molecule has 4 nitrogen and oxygen atoms in total. The number of rotatable bonds is 3. The molecule has 2 bridgehead atoms. The molecule has 2 aliphatic carbocycles. The smallest absolute Gasteiger partial charge is 0.226 e. The SMILES string of the molecule is CC(C)(C)c1nc(CC(=O)NC2C3CCCC2CC(N)C3)cs1.Cl.Cl. The van der Waals surface area contributed by atoms with E-state index in [1.54, 1.807) is 11.3 Å². The van der Waals surface area contributed by atoms with Gasteiger partial charge in [-0.3, -0.25) is 4.79 Å². The maximum atomic E-state index is 12.5. The number of amides is 1. The molecule has 0 radical (unpaired) electrons. The number of nitrogens with zero attached hydrogens (tertiary/aromatic N) is 1. The Balaban J connectivity index is 0.00000156. The van der Waals surface area contributed by atoms with E-state index in [4.69, 9.17) is 5.73 Å². The van der Waals surface area contributed by atoms with Gasteiger partial charge in [-0.1, -0.05) is 27.2 Å². The lowest BCUT2D eigenvalue weighted by molar-refractivity contribution is -0.122. The molecule has 0 aliphatic heterocycles. The maximum absolute atomic E-state index is 12.5. The molecule has 3 rings (SSSR count). The lowest BCUT2D eigenvalue weighted by Gasteiger charge is -2.45. The molecule has 0 aromatic carbocycles. The van der Waals surface area contributed by atoms with Crippen molar-refractivity contribution in [3.8, 4) is 0 Å². The van der Waals surface area contributed by atoms with Crippen molar-refractivity contribution in [2.75, 3.05) is 0 Å². The number of aromatic nitrogens is 1. The van der Waals surface area contributed by atoms with Crippen molar-refractivity contribution in [3.05, 3.63) is 16.1 Å². The van der Waals surface area contributed by atoms with Gasteiger partial charge in [-0.15, -0.1) is 36.2 Å². The first-order chi connectivity index (χ1) is 10.8. The van der Waals surface area contributed by atoms with Gasteiger partial charge in [0.05, 0.1) is 17.1 Å². The quantitative estimate of drug-likeness (QED) is 0.798. The third-order valence-electron chi connectivity index (χ3n) is 5.24. The van der Waals surface area contributed by atoms with Crippen LogP contribution in [0.2, 0.25) is 0 Å². The van der Waals surface area contributed by atoms with E-state index in [1.807, 2.05) is 5.38 Å². The minimum atomic E-state index is 0. The molecule has 2 saturated carbocycles. The van der Waals surface area contributed by atoms with Crippen molar-refractivity contribution in [2.45, 2.75) is 76.8 Å². The van der Waals surface area contributed by atoms with Crippen LogP contribution in [0.25, 0.3) is 0 Å². The monoisotopic (exact) mass is 407 g/mol. The van der Waals surface area contributed by atoms with E-state index in [-0.39, 0.29) is 36.1 Å². The van der Waals surface area contributed by atoms with E-state index in [1.165, 1.54) is 19.3 Å². The lowest BCUT2D eigenvalue weighted by Crippen LogP contribution is -2.54. The molecule has 25 heavy (non-hydrogen) atoms. The van der Waals surface area contributed by atoms with Crippen LogP contribution >= 0.6 is 36.2 Å². The molecular formula is C18H31Cl2N3OS. The van der Waals surface area contributed by atoms with Gasteiger partial charge in [-0.2, -0.15) is 0 Å². The summed E-state index contributed by atoms with van der Waals surface area (Å²) in [5, 5.41) is 6.43. The van der Waals surface area contributed by atoms with Gasteiger partial charge in [0.25, 0.3) is 0 Å². The maximum Gasteiger partial charge on any atom is 0.226 e. The number of carbonyl (C=O) groups excluding carboxylic acids is 1. The van der Waals surface area contributed by atoms with E-state index in [9.17, 15) is 4.79 Å². The molecule has 0 saturated heterocycles. The first-order valence-corrected chi connectivity index (χ1v) is 9.70. The molecule has 1 amide bonds. The number of thiazole rings is 1. The van der Waals surface area contributed by atoms with Crippen LogP contribution in [0.4, 0.5) is 0 Å². The molecule has 7 heteroatoms.